The molecule has 1 saturated heterocycles. The number of amides is 3. The van der Waals surface area contributed by atoms with E-state index in [1.54, 1.807) is 16.7 Å². The first kappa shape index (κ1) is 15.1. The molecule has 0 bridgehead atoms. The maximum atomic E-state index is 12.3. The lowest BCUT2D eigenvalue weighted by Gasteiger charge is -2.28. The largest absolute Gasteiger partial charge is 0.394 e. The van der Waals surface area contributed by atoms with Crippen LogP contribution in [0.25, 0.3) is 0 Å². The van der Waals surface area contributed by atoms with Crippen LogP contribution in [0.4, 0.5) is 4.79 Å². The van der Waals surface area contributed by atoms with Crippen molar-refractivity contribution in [1.82, 2.24) is 10.2 Å². The van der Waals surface area contributed by atoms with E-state index in [0.29, 0.717) is 13.0 Å². The SMILES string of the molecule is CSCCC(NC(N)=O)C(=O)N1CCC[C@@H]1CO. The summed E-state index contributed by atoms with van der Waals surface area (Å²) >= 11 is 1.61. The van der Waals surface area contributed by atoms with Gasteiger partial charge in [0, 0.05) is 6.54 Å². The fourth-order valence-electron chi connectivity index (χ4n) is 2.18. The van der Waals surface area contributed by atoms with E-state index in [-0.39, 0.29) is 18.6 Å². The van der Waals surface area contributed by atoms with Crippen LogP contribution in [-0.2, 0) is 4.79 Å². The van der Waals surface area contributed by atoms with E-state index in [0.717, 1.165) is 18.6 Å². The predicted octanol–water partition coefficient (Wildman–Crippen LogP) is -0.240. The summed E-state index contributed by atoms with van der Waals surface area (Å²) in [7, 11) is 0. The third-order valence-electron chi connectivity index (χ3n) is 3.10. The molecule has 0 saturated carbocycles. The second-order valence-corrected chi connectivity index (χ2v) is 5.34. The first-order chi connectivity index (χ1) is 8.60. The molecule has 1 heterocycles. The van der Waals surface area contributed by atoms with Crippen LogP contribution in [0, 0.1) is 0 Å². The number of likely N-dealkylation sites (tertiary alicyclic amines) is 1. The van der Waals surface area contributed by atoms with Crippen LogP contribution in [0.5, 0.6) is 0 Å². The number of nitrogens with one attached hydrogen (secondary N) is 1. The van der Waals surface area contributed by atoms with E-state index >= 15 is 0 Å². The Labute approximate surface area is 111 Å². The van der Waals surface area contributed by atoms with Gasteiger partial charge in [-0.15, -0.1) is 0 Å². The van der Waals surface area contributed by atoms with E-state index in [1.807, 2.05) is 6.26 Å². The summed E-state index contributed by atoms with van der Waals surface area (Å²) in [4.78, 5) is 24.9. The monoisotopic (exact) mass is 275 g/mol. The standard InChI is InChI=1S/C11H21N3O3S/c1-18-6-4-9(13-11(12)17)10(16)14-5-2-3-8(14)7-15/h8-9,15H,2-7H2,1H3,(H3,12,13,17)/t8-,9?/m1/s1. The van der Waals surface area contributed by atoms with Crippen molar-refractivity contribution in [2.24, 2.45) is 5.73 Å². The molecule has 0 aromatic rings. The molecule has 1 aliphatic heterocycles. The van der Waals surface area contributed by atoms with Crippen molar-refractivity contribution in [2.75, 3.05) is 25.2 Å². The summed E-state index contributed by atoms with van der Waals surface area (Å²) in [6, 6.07) is -1.39. The quantitative estimate of drug-likeness (QED) is 0.623. The van der Waals surface area contributed by atoms with Gasteiger partial charge < -0.3 is 21.1 Å². The molecule has 2 atom stereocenters. The summed E-state index contributed by atoms with van der Waals surface area (Å²) in [5, 5.41) is 11.7. The molecule has 1 rings (SSSR count). The van der Waals surface area contributed by atoms with Gasteiger partial charge in [-0.3, -0.25) is 4.79 Å². The Balaban J connectivity index is 2.64. The number of urea groups is 1. The summed E-state index contributed by atoms with van der Waals surface area (Å²) in [6.07, 6.45) is 4.20. The van der Waals surface area contributed by atoms with Gasteiger partial charge in [-0.2, -0.15) is 11.8 Å². The number of carbonyl (C=O) groups is 2. The van der Waals surface area contributed by atoms with Gasteiger partial charge in [0.2, 0.25) is 5.91 Å². The van der Waals surface area contributed by atoms with Crippen molar-refractivity contribution >= 4 is 23.7 Å². The minimum Gasteiger partial charge on any atom is -0.394 e. The second kappa shape index (κ2) is 7.48. The number of primary amides is 1. The van der Waals surface area contributed by atoms with Gasteiger partial charge in [0.1, 0.15) is 6.04 Å². The summed E-state index contributed by atoms with van der Waals surface area (Å²) < 4.78 is 0. The first-order valence-electron chi connectivity index (χ1n) is 6.06. The lowest BCUT2D eigenvalue weighted by atomic mass is 10.1. The predicted molar refractivity (Wildman–Crippen MR) is 71.3 cm³/mol. The van der Waals surface area contributed by atoms with Crippen molar-refractivity contribution in [3.8, 4) is 0 Å². The Morgan fingerprint density at radius 2 is 2.33 bits per heavy atom. The lowest BCUT2D eigenvalue weighted by molar-refractivity contribution is -0.134. The van der Waals surface area contributed by atoms with Gasteiger partial charge in [-0.05, 0) is 31.3 Å². The van der Waals surface area contributed by atoms with Crippen molar-refractivity contribution in [1.29, 1.82) is 0 Å². The summed E-state index contributed by atoms with van der Waals surface area (Å²) in [6.45, 7) is 0.609. The van der Waals surface area contributed by atoms with Gasteiger partial charge in [-0.25, -0.2) is 4.79 Å². The molecule has 7 heteroatoms. The van der Waals surface area contributed by atoms with E-state index in [2.05, 4.69) is 5.32 Å². The van der Waals surface area contributed by atoms with Gasteiger partial charge in [0.05, 0.1) is 12.6 Å². The van der Waals surface area contributed by atoms with Gasteiger partial charge in [0.15, 0.2) is 0 Å². The van der Waals surface area contributed by atoms with Crippen molar-refractivity contribution in [3.05, 3.63) is 0 Å². The maximum absolute atomic E-state index is 12.3. The smallest absolute Gasteiger partial charge is 0.312 e. The van der Waals surface area contributed by atoms with Crippen LogP contribution < -0.4 is 11.1 Å². The number of carbonyl (C=O) groups excluding carboxylic acids is 2. The average molecular weight is 275 g/mol. The van der Waals surface area contributed by atoms with Crippen LogP contribution in [0.15, 0.2) is 0 Å². The van der Waals surface area contributed by atoms with Crippen LogP contribution in [0.1, 0.15) is 19.3 Å². The fraction of sp³-hybridized carbons (Fsp3) is 0.818. The van der Waals surface area contributed by atoms with E-state index in [4.69, 9.17) is 5.73 Å². The molecule has 6 nitrogen and oxygen atoms in total. The normalized spacial score (nSPS) is 20.8. The Morgan fingerprint density at radius 1 is 1.61 bits per heavy atom. The Bertz CT molecular complexity index is 301. The van der Waals surface area contributed by atoms with Crippen LogP contribution >= 0.6 is 11.8 Å². The molecule has 0 radical (unpaired) electrons. The molecule has 1 aliphatic rings. The number of nitrogens with zero attached hydrogens (tertiary/aromatic N) is 1. The third kappa shape index (κ3) is 4.06. The van der Waals surface area contributed by atoms with Gasteiger partial charge >= 0.3 is 6.03 Å². The molecule has 1 unspecified atom stereocenters. The zero-order valence-electron chi connectivity index (χ0n) is 10.6. The Kier molecular flexibility index (Phi) is 6.28. The maximum Gasteiger partial charge on any atom is 0.312 e. The highest BCUT2D eigenvalue weighted by atomic mass is 32.2. The molecular formula is C11H21N3O3S. The van der Waals surface area contributed by atoms with Gasteiger partial charge in [0.25, 0.3) is 0 Å². The number of hydrogen-bond acceptors (Lipinski definition) is 4. The highest BCUT2D eigenvalue weighted by Crippen LogP contribution is 2.18. The minimum absolute atomic E-state index is 0.0302. The molecule has 4 N–H and O–H groups in total. The number of rotatable bonds is 6. The molecule has 104 valence electrons. The van der Waals surface area contributed by atoms with Crippen molar-refractivity contribution in [2.45, 2.75) is 31.3 Å². The Hall–Kier alpha value is -0.950. The molecule has 0 aromatic carbocycles. The Morgan fingerprint density at radius 3 is 2.89 bits per heavy atom. The van der Waals surface area contributed by atoms with Crippen LogP contribution in [-0.4, -0.2) is 59.2 Å². The first-order valence-corrected chi connectivity index (χ1v) is 7.45. The highest BCUT2D eigenvalue weighted by molar-refractivity contribution is 7.98. The number of nitrogens with two attached hydrogens (primary N) is 1. The van der Waals surface area contributed by atoms with E-state index in [1.165, 1.54) is 0 Å². The van der Waals surface area contributed by atoms with Crippen molar-refractivity contribution in [3.63, 3.8) is 0 Å². The van der Waals surface area contributed by atoms with E-state index in [9.17, 15) is 14.7 Å². The van der Waals surface area contributed by atoms with Crippen LogP contribution in [0.3, 0.4) is 0 Å². The molecule has 18 heavy (non-hydrogen) atoms. The number of aliphatic hydroxyl groups is 1. The summed E-state index contributed by atoms with van der Waals surface area (Å²) in [5.74, 6) is 0.633. The van der Waals surface area contributed by atoms with Crippen molar-refractivity contribution < 1.29 is 14.7 Å². The fourth-order valence-corrected chi connectivity index (χ4v) is 2.65. The number of thioether (sulfide) groups is 1. The molecule has 3 amide bonds. The number of hydrogen-bond donors (Lipinski definition) is 3. The molecule has 1 fully saturated rings. The second-order valence-electron chi connectivity index (χ2n) is 4.35. The zero-order chi connectivity index (χ0) is 13.5. The molecule has 0 aromatic heterocycles. The topological polar surface area (TPSA) is 95.7 Å². The molecule has 0 spiro atoms. The average Bonchev–Trinajstić information content (AvgIpc) is 2.81. The van der Waals surface area contributed by atoms with E-state index < -0.39 is 12.1 Å². The highest BCUT2D eigenvalue weighted by Gasteiger charge is 2.32. The van der Waals surface area contributed by atoms with Crippen LogP contribution in [0.2, 0.25) is 0 Å². The zero-order valence-corrected chi connectivity index (χ0v) is 11.4. The summed E-state index contributed by atoms with van der Waals surface area (Å²) in [5.41, 5.74) is 5.09. The third-order valence-corrected chi connectivity index (χ3v) is 3.74. The number of aliphatic hydroxyl groups excluding tert-OH is 1. The lowest BCUT2D eigenvalue weighted by Crippen LogP contribution is -2.52. The molecular weight excluding hydrogens is 254 g/mol. The van der Waals surface area contributed by atoms with Gasteiger partial charge in [-0.1, -0.05) is 0 Å². The molecule has 0 aliphatic carbocycles. The minimum atomic E-state index is -0.686.